The predicted octanol–water partition coefficient (Wildman–Crippen LogP) is 17.4. The minimum absolute atomic E-state index is 0.643. The first-order chi connectivity index (χ1) is 32.7. The van der Waals surface area contributed by atoms with E-state index in [0.29, 0.717) is 0 Å². The smallest absolute Gasteiger partial charge is 0.0726 e. The third-order valence-corrected chi connectivity index (χ3v) is 14.6. The molecule has 0 aromatic heterocycles. The molecule has 306 valence electrons. The van der Waals surface area contributed by atoms with Gasteiger partial charge in [-0.2, -0.15) is 0 Å². The van der Waals surface area contributed by atoms with E-state index in [1.165, 1.54) is 110 Å². The molecule has 1 nitrogen and oxygen atoms in total. The van der Waals surface area contributed by atoms with Crippen LogP contribution in [0.4, 0.5) is 17.1 Å². The molecule has 1 heteroatoms. The van der Waals surface area contributed by atoms with Crippen molar-refractivity contribution in [2.45, 2.75) is 5.41 Å². The van der Waals surface area contributed by atoms with Crippen molar-refractivity contribution >= 4 is 49.4 Å². The van der Waals surface area contributed by atoms with Gasteiger partial charge in [0, 0.05) is 17.1 Å². The minimum Gasteiger partial charge on any atom is -0.310 e. The second-order valence-corrected chi connectivity index (χ2v) is 17.9. The van der Waals surface area contributed by atoms with Gasteiger partial charge in [-0.25, -0.2) is 0 Å². The number of para-hydroxylation sites is 1. The van der Waals surface area contributed by atoms with Crippen molar-refractivity contribution in [2.24, 2.45) is 0 Å². The maximum absolute atomic E-state index is 2.55. The van der Waals surface area contributed by atoms with Gasteiger partial charge in [0.25, 0.3) is 0 Å². The Morgan fingerprint density at radius 2 is 0.742 bits per heavy atom. The van der Waals surface area contributed by atoms with E-state index in [0.717, 1.165) is 17.1 Å². The molecule has 1 atom stereocenters. The maximum Gasteiger partial charge on any atom is 0.0726 e. The molecule has 2 aliphatic carbocycles. The first kappa shape index (κ1) is 36.9. The summed E-state index contributed by atoms with van der Waals surface area (Å²) in [5.74, 6) is 0. The molecule has 0 fully saturated rings. The number of rotatable bonds is 5. The van der Waals surface area contributed by atoms with E-state index >= 15 is 0 Å². The molecule has 0 saturated carbocycles. The lowest BCUT2D eigenvalue weighted by Crippen LogP contribution is -2.29. The van der Waals surface area contributed by atoms with E-state index in [9.17, 15) is 0 Å². The monoisotopic (exact) mass is 835 g/mol. The quantitative estimate of drug-likeness (QED) is 0.156. The van der Waals surface area contributed by atoms with Crippen LogP contribution < -0.4 is 4.90 Å². The van der Waals surface area contributed by atoms with E-state index in [2.05, 4.69) is 254 Å². The predicted molar refractivity (Wildman–Crippen MR) is 277 cm³/mol. The van der Waals surface area contributed by atoms with Crippen LogP contribution in [0.25, 0.3) is 88.0 Å². The van der Waals surface area contributed by atoms with Crippen molar-refractivity contribution in [3.63, 3.8) is 0 Å². The first-order valence-electron chi connectivity index (χ1n) is 23.0. The van der Waals surface area contributed by atoms with Gasteiger partial charge in [-0.3, -0.25) is 0 Å². The Labute approximate surface area is 384 Å². The molecule has 2 aliphatic rings. The molecule has 0 amide bonds. The molecule has 12 aromatic carbocycles. The average Bonchev–Trinajstić information content (AvgIpc) is 3.63. The topological polar surface area (TPSA) is 3.24 Å². The molecule has 0 saturated heterocycles. The van der Waals surface area contributed by atoms with Crippen molar-refractivity contribution in [3.8, 4) is 55.6 Å². The number of benzene rings is 12. The normalized spacial score (nSPS) is 14.4. The lowest BCUT2D eigenvalue weighted by Gasteiger charge is -2.36. The third kappa shape index (κ3) is 5.23. The highest BCUT2D eigenvalue weighted by molar-refractivity contribution is 6.27. The van der Waals surface area contributed by atoms with Crippen molar-refractivity contribution in [1.82, 2.24) is 0 Å². The Hall–Kier alpha value is -8.52. The summed E-state index contributed by atoms with van der Waals surface area (Å²) in [6, 6.07) is 92.9. The Morgan fingerprint density at radius 1 is 0.258 bits per heavy atom. The van der Waals surface area contributed by atoms with E-state index in [1.54, 1.807) is 0 Å². The number of hydrogen-bond donors (Lipinski definition) is 0. The molecule has 1 unspecified atom stereocenters. The molecule has 0 N–H and O–H groups in total. The molecule has 14 rings (SSSR count). The van der Waals surface area contributed by atoms with E-state index in [1.807, 2.05) is 0 Å². The fourth-order valence-corrected chi connectivity index (χ4v) is 11.8. The standard InChI is InChI=1S/C65H41N/c1-3-14-42(15-4-1)43-26-28-44(29-27-43)45-32-35-50(36-33-45)66(49-18-5-2-6-19-49)51-37-39-55-53-21-8-7-20-52(53)54-22-9-11-24-58(54)65(60(55)41-51)59-25-12-10-23-56(59)64-57-38-34-47-17-13-16-46-30-31-48(40-61(64)65)63(57)62(46)47/h1-41H. The number of nitrogens with zero attached hydrogens (tertiary/aromatic N) is 1. The Morgan fingerprint density at radius 3 is 1.42 bits per heavy atom. The molecule has 66 heavy (non-hydrogen) atoms. The molecule has 1 spiro atoms. The third-order valence-electron chi connectivity index (χ3n) is 14.6. The zero-order valence-corrected chi connectivity index (χ0v) is 36.1. The number of hydrogen-bond acceptors (Lipinski definition) is 1. The summed E-state index contributed by atoms with van der Waals surface area (Å²) in [5, 5.41) is 7.85. The summed E-state index contributed by atoms with van der Waals surface area (Å²) in [4.78, 5) is 2.43. The molecule has 0 heterocycles. The SMILES string of the molecule is c1ccc(-c2ccc(-c3ccc(N(c4ccccc4)c4ccc5c(c4)C4(c6ccccc6-c6ccccc6-5)c5ccccc5-c5c4cc4ccc6cccc7ccc5c4c67)cc3)cc2)cc1. The highest BCUT2D eigenvalue weighted by Crippen LogP contribution is 2.64. The molecule has 0 radical (unpaired) electrons. The van der Waals surface area contributed by atoms with Gasteiger partial charge < -0.3 is 4.90 Å². The van der Waals surface area contributed by atoms with Crippen LogP contribution in [-0.2, 0) is 5.41 Å². The fraction of sp³-hybridized carbons (Fsp3) is 0.0154. The van der Waals surface area contributed by atoms with Crippen LogP contribution in [-0.4, -0.2) is 0 Å². The lowest BCUT2D eigenvalue weighted by atomic mass is 9.65. The molecule has 12 aromatic rings. The van der Waals surface area contributed by atoms with Crippen LogP contribution in [0.1, 0.15) is 22.3 Å². The second-order valence-electron chi connectivity index (χ2n) is 17.9. The highest BCUT2D eigenvalue weighted by Gasteiger charge is 2.50. The van der Waals surface area contributed by atoms with Gasteiger partial charge in [-0.1, -0.05) is 206 Å². The van der Waals surface area contributed by atoms with Gasteiger partial charge >= 0.3 is 0 Å². The molecule has 0 bridgehead atoms. The molecular weight excluding hydrogens is 795 g/mol. The van der Waals surface area contributed by atoms with Crippen molar-refractivity contribution in [1.29, 1.82) is 0 Å². The Kier molecular flexibility index (Phi) is 7.97. The van der Waals surface area contributed by atoms with E-state index in [4.69, 9.17) is 0 Å². The number of anilines is 3. The van der Waals surface area contributed by atoms with E-state index < -0.39 is 5.41 Å². The maximum atomic E-state index is 2.55. The van der Waals surface area contributed by atoms with Crippen LogP contribution in [0.3, 0.4) is 0 Å². The van der Waals surface area contributed by atoms with Crippen LogP contribution >= 0.6 is 0 Å². The Bertz CT molecular complexity index is 3830. The summed E-state index contributed by atoms with van der Waals surface area (Å²) >= 11 is 0. The van der Waals surface area contributed by atoms with Crippen LogP contribution in [0.15, 0.2) is 249 Å². The molecule has 0 aliphatic heterocycles. The number of fused-ring (bicyclic) bond motifs is 13. The second kappa shape index (κ2) is 14.2. The van der Waals surface area contributed by atoms with Crippen LogP contribution in [0.2, 0.25) is 0 Å². The summed E-state index contributed by atoms with van der Waals surface area (Å²) in [6.45, 7) is 0. The summed E-state index contributed by atoms with van der Waals surface area (Å²) in [6.07, 6.45) is 0. The van der Waals surface area contributed by atoms with Crippen LogP contribution in [0.5, 0.6) is 0 Å². The van der Waals surface area contributed by atoms with E-state index in [-0.39, 0.29) is 0 Å². The van der Waals surface area contributed by atoms with Gasteiger partial charge in [0.2, 0.25) is 0 Å². The van der Waals surface area contributed by atoms with Gasteiger partial charge in [-0.15, -0.1) is 0 Å². The fourth-order valence-electron chi connectivity index (χ4n) is 11.8. The first-order valence-corrected chi connectivity index (χ1v) is 23.0. The largest absolute Gasteiger partial charge is 0.310 e. The zero-order valence-electron chi connectivity index (χ0n) is 36.1. The van der Waals surface area contributed by atoms with Crippen molar-refractivity contribution in [3.05, 3.63) is 271 Å². The Balaban J connectivity index is 1.03. The average molecular weight is 836 g/mol. The van der Waals surface area contributed by atoms with Gasteiger partial charge in [-0.05, 0) is 153 Å². The summed E-state index contributed by atoms with van der Waals surface area (Å²) < 4.78 is 0. The lowest BCUT2D eigenvalue weighted by molar-refractivity contribution is 0.777. The minimum atomic E-state index is -0.643. The van der Waals surface area contributed by atoms with Crippen molar-refractivity contribution in [2.75, 3.05) is 4.90 Å². The van der Waals surface area contributed by atoms with Crippen LogP contribution in [0, 0.1) is 0 Å². The van der Waals surface area contributed by atoms with Gasteiger partial charge in [0.05, 0.1) is 5.41 Å². The summed E-state index contributed by atoms with van der Waals surface area (Å²) in [7, 11) is 0. The van der Waals surface area contributed by atoms with Gasteiger partial charge in [0.15, 0.2) is 0 Å². The summed E-state index contributed by atoms with van der Waals surface area (Å²) in [5.41, 5.74) is 20.4. The zero-order chi connectivity index (χ0) is 43.3. The molecular formula is C65H41N. The van der Waals surface area contributed by atoms with Crippen molar-refractivity contribution < 1.29 is 0 Å². The highest BCUT2D eigenvalue weighted by atomic mass is 15.1. The van der Waals surface area contributed by atoms with Gasteiger partial charge in [0.1, 0.15) is 0 Å².